The lowest BCUT2D eigenvalue weighted by Crippen LogP contribution is -2.25. The minimum atomic E-state index is 0.0738. The molecule has 1 atom stereocenters. The molecule has 104 valence electrons. The SMILES string of the molecule is C[C@@H](N)c1ccccc1N1CCCc2ccccc2C1. The minimum Gasteiger partial charge on any atom is -0.367 e. The van der Waals surface area contributed by atoms with E-state index in [0.717, 1.165) is 13.1 Å². The van der Waals surface area contributed by atoms with Crippen LogP contribution in [-0.4, -0.2) is 6.54 Å². The first-order valence-electron chi connectivity index (χ1n) is 7.42. The van der Waals surface area contributed by atoms with E-state index >= 15 is 0 Å². The van der Waals surface area contributed by atoms with Gasteiger partial charge in [-0.05, 0) is 42.5 Å². The van der Waals surface area contributed by atoms with Crippen LogP contribution in [0.4, 0.5) is 5.69 Å². The summed E-state index contributed by atoms with van der Waals surface area (Å²) in [5, 5.41) is 0. The molecule has 2 nitrogen and oxygen atoms in total. The summed E-state index contributed by atoms with van der Waals surface area (Å²) < 4.78 is 0. The van der Waals surface area contributed by atoms with Crippen LogP contribution in [-0.2, 0) is 13.0 Å². The number of rotatable bonds is 2. The summed E-state index contributed by atoms with van der Waals surface area (Å²) in [6, 6.07) is 17.4. The molecule has 0 aromatic heterocycles. The van der Waals surface area contributed by atoms with Crippen molar-refractivity contribution < 1.29 is 0 Å². The lowest BCUT2D eigenvalue weighted by molar-refractivity contribution is 0.744. The molecular weight excluding hydrogens is 244 g/mol. The van der Waals surface area contributed by atoms with E-state index in [4.69, 9.17) is 5.73 Å². The predicted octanol–water partition coefficient (Wildman–Crippen LogP) is 3.66. The van der Waals surface area contributed by atoms with Crippen LogP contribution in [0.2, 0.25) is 0 Å². The molecule has 3 rings (SSSR count). The zero-order chi connectivity index (χ0) is 13.9. The van der Waals surface area contributed by atoms with Crippen LogP contribution in [0.3, 0.4) is 0 Å². The van der Waals surface area contributed by atoms with Gasteiger partial charge in [-0.15, -0.1) is 0 Å². The highest BCUT2D eigenvalue weighted by molar-refractivity contribution is 5.56. The van der Waals surface area contributed by atoms with Crippen LogP contribution < -0.4 is 10.6 Å². The minimum absolute atomic E-state index is 0.0738. The highest BCUT2D eigenvalue weighted by Gasteiger charge is 2.17. The van der Waals surface area contributed by atoms with Crippen molar-refractivity contribution in [2.75, 3.05) is 11.4 Å². The Kier molecular flexibility index (Phi) is 3.75. The molecule has 0 unspecified atom stereocenters. The van der Waals surface area contributed by atoms with Crippen LogP contribution in [0.15, 0.2) is 48.5 Å². The Morgan fingerprint density at radius 2 is 1.70 bits per heavy atom. The summed E-state index contributed by atoms with van der Waals surface area (Å²) in [7, 11) is 0. The van der Waals surface area contributed by atoms with Crippen molar-refractivity contribution in [1.82, 2.24) is 0 Å². The van der Waals surface area contributed by atoms with Crippen molar-refractivity contribution in [3.05, 3.63) is 65.2 Å². The molecule has 2 heteroatoms. The lowest BCUT2D eigenvalue weighted by atomic mass is 10.0. The summed E-state index contributed by atoms with van der Waals surface area (Å²) in [5.74, 6) is 0. The fraction of sp³-hybridized carbons (Fsp3) is 0.333. The van der Waals surface area contributed by atoms with Gasteiger partial charge in [-0.2, -0.15) is 0 Å². The number of anilines is 1. The standard InChI is InChI=1S/C18H22N2/c1-14(19)17-10-4-5-11-18(17)20-12-6-9-15-7-2-3-8-16(15)13-20/h2-5,7-8,10-11,14H,6,9,12-13,19H2,1H3/t14-/m1/s1. The van der Waals surface area contributed by atoms with Crippen molar-refractivity contribution >= 4 is 5.69 Å². The number of aryl methyl sites for hydroxylation is 1. The number of nitrogens with zero attached hydrogens (tertiary/aromatic N) is 1. The number of hydrogen-bond donors (Lipinski definition) is 1. The van der Waals surface area contributed by atoms with Gasteiger partial charge in [0.05, 0.1) is 0 Å². The van der Waals surface area contributed by atoms with Gasteiger partial charge in [-0.1, -0.05) is 42.5 Å². The number of fused-ring (bicyclic) bond motifs is 1. The van der Waals surface area contributed by atoms with Crippen LogP contribution in [0, 0.1) is 0 Å². The second-order valence-corrected chi connectivity index (χ2v) is 5.64. The Morgan fingerprint density at radius 3 is 2.50 bits per heavy atom. The number of benzene rings is 2. The molecule has 1 heterocycles. The molecule has 0 radical (unpaired) electrons. The van der Waals surface area contributed by atoms with Crippen LogP contribution in [0.1, 0.15) is 36.1 Å². The van der Waals surface area contributed by atoms with E-state index in [1.165, 1.54) is 35.2 Å². The zero-order valence-electron chi connectivity index (χ0n) is 12.0. The normalized spacial score (nSPS) is 16.4. The summed E-state index contributed by atoms with van der Waals surface area (Å²) in [4.78, 5) is 2.48. The first kappa shape index (κ1) is 13.2. The first-order chi connectivity index (χ1) is 9.75. The third-order valence-electron chi connectivity index (χ3n) is 4.12. The Balaban J connectivity index is 1.96. The first-order valence-corrected chi connectivity index (χ1v) is 7.42. The molecule has 0 saturated heterocycles. The highest BCUT2D eigenvalue weighted by atomic mass is 15.1. The molecule has 1 aliphatic rings. The topological polar surface area (TPSA) is 29.3 Å². The Bertz CT molecular complexity index is 589. The predicted molar refractivity (Wildman–Crippen MR) is 84.9 cm³/mol. The van der Waals surface area contributed by atoms with Crippen molar-refractivity contribution in [2.24, 2.45) is 5.73 Å². The van der Waals surface area contributed by atoms with Gasteiger partial charge in [0.1, 0.15) is 0 Å². The number of para-hydroxylation sites is 1. The lowest BCUT2D eigenvalue weighted by Gasteiger charge is -2.27. The largest absolute Gasteiger partial charge is 0.367 e. The zero-order valence-corrected chi connectivity index (χ0v) is 12.0. The van der Waals surface area contributed by atoms with Gasteiger partial charge in [0.25, 0.3) is 0 Å². The number of nitrogens with two attached hydrogens (primary N) is 1. The summed E-state index contributed by atoms with van der Waals surface area (Å²) >= 11 is 0. The maximum absolute atomic E-state index is 6.13. The summed E-state index contributed by atoms with van der Waals surface area (Å²) in [6.45, 7) is 4.14. The second kappa shape index (κ2) is 5.68. The number of hydrogen-bond acceptors (Lipinski definition) is 2. The molecule has 0 saturated carbocycles. The van der Waals surface area contributed by atoms with Gasteiger partial charge >= 0.3 is 0 Å². The summed E-state index contributed by atoms with van der Waals surface area (Å²) in [6.07, 6.45) is 2.37. The van der Waals surface area contributed by atoms with Crippen LogP contribution in [0.25, 0.3) is 0 Å². The fourth-order valence-electron chi connectivity index (χ4n) is 3.07. The Morgan fingerprint density at radius 1 is 1.00 bits per heavy atom. The van der Waals surface area contributed by atoms with Crippen molar-refractivity contribution in [3.63, 3.8) is 0 Å². The van der Waals surface area contributed by atoms with Crippen molar-refractivity contribution in [1.29, 1.82) is 0 Å². The van der Waals surface area contributed by atoms with Gasteiger partial charge in [0.2, 0.25) is 0 Å². The third kappa shape index (κ3) is 2.56. The molecule has 0 bridgehead atoms. The molecule has 2 N–H and O–H groups in total. The fourth-order valence-corrected chi connectivity index (χ4v) is 3.07. The summed E-state index contributed by atoms with van der Waals surface area (Å²) in [5.41, 5.74) is 11.6. The maximum Gasteiger partial charge on any atom is 0.0432 e. The van der Waals surface area contributed by atoms with E-state index in [2.05, 4.69) is 60.4 Å². The second-order valence-electron chi connectivity index (χ2n) is 5.64. The third-order valence-corrected chi connectivity index (χ3v) is 4.12. The quantitative estimate of drug-likeness (QED) is 0.899. The van der Waals surface area contributed by atoms with Crippen LogP contribution in [0.5, 0.6) is 0 Å². The molecule has 0 amide bonds. The van der Waals surface area contributed by atoms with Gasteiger partial charge in [-0.25, -0.2) is 0 Å². The Hall–Kier alpha value is -1.80. The van der Waals surface area contributed by atoms with Gasteiger partial charge in [-0.3, -0.25) is 0 Å². The van der Waals surface area contributed by atoms with E-state index in [1.54, 1.807) is 0 Å². The van der Waals surface area contributed by atoms with E-state index in [-0.39, 0.29) is 6.04 Å². The molecule has 20 heavy (non-hydrogen) atoms. The molecule has 0 aliphatic carbocycles. The van der Waals surface area contributed by atoms with E-state index < -0.39 is 0 Å². The monoisotopic (exact) mass is 266 g/mol. The van der Waals surface area contributed by atoms with Crippen molar-refractivity contribution in [2.45, 2.75) is 32.4 Å². The molecule has 2 aromatic carbocycles. The molecular formula is C18H22N2. The van der Waals surface area contributed by atoms with Gasteiger partial charge in [0.15, 0.2) is 0 Å². The molecule has 1 aliphatic heterocycles. The molecule has 0 fully saturated rings. The molecule has 0 spiro atoms. The average Bonchev–Trinajstić information content (AvgIpc) is 2.69. The average molecular weight is 266 g/mol. The van der Waals surface area contributed by atoms with Gasteiger partial charge < -0.3 is 10.6 Å². The Labute approximate surface area is 121 Å². The maximum atomic E-state index is 6.13. The smallest absolute Gasteiger partial charge is 0.0432 e. The highest BCUT2D eigenvalue weighted by Crippen LogP contribution is 2.29. The van der Waals surface area contributed by atoms with Gasteiger partial charge in [0, 0.05) is 24.8 Å². The van der Waals surface area contributed by atoms with E-state index in [1.807, 2.05) is 0 Å². The van der Waals surface area contributed by atoms with E-state index in [9.17, 15) is 0 Å². The molecule has 2 aromatic rings. The van der Waals surface area contributed by atoms with Crippen molar-refractivity contribution in [3.8, 4) is 0 Å². The van der Waals surface area contributed by atoms with E-state index in [0.29, 0.717) is 0 Å². The van der Waals surface area contributed by atoms with Crippen LogP contribution >= 0.6 is 0 Å².